The lowest BCUT2D eigenvalue weighted by Gasteiger charge is -2.34. The Morgan fingerprint density at radius 2 is 2.08 bits per heavy atom. The highest BCUT2D eigenvalue weighted by atomic mass is 32.2. The lowest BCUT2D eigenvalue weighted by molar-refractivity contribution is -0.121. The fourth-order valence-electron chi connectivity index (χ4n) is 4.76. The summed E-state index contributed by atoms with van der Waals surface area (Å²) in [7, 11) is 1.57. The molecule has 0 saturated heterocycles. The number of fused-ring (bicyclic) bond motifs is 1. The molecule has 1 aromatic carbocycles. The molecule has 1 unspecified atom stereocenters. The number of hydrogen-bond donors (Lipinski definition) is 3. The third kappa shape index (κ3) is 4.99. The van der Waals surface area contributed by atoms with Crippen LogP contribution >= 0.6 is 11.8 Å². The number of hydrogen-bond acceptors (Lipinski definition) is 9. The molecule has 2 heterocycles. The van der Waals surface area contributed by atoms with Crippen LogP contribution in [0.5, 0.6) is 5.88 Å². The van der Waals surface area contributed by atoms with Crippen molar-refractivity contribution >= 4 is 34.4 Å². The van der Waals surface area contributed by atoms with Crippen molar-refractivity contribution in [2.75, 3.05) is 19.0 Å². The Morgan fingerprint density at radius 1 is 1.30 bits per heavy atom. The molecule has 2 saturated carbocycles. The molecule has 10 nitrogen and oxygen atoms in total. The number of aliphatic imine (C=N–C) groups is 1. The molecule has 1 aliphatic heterocycles. The molecule has 1 aromatic heterocycles. The molecule has 5 rings (SSSR count). The Hall–Kier alpha value is -3.25. The second kappa shape index (κ2) is 9.56. The van der Waals surface area contributed by atoms with Gasteiger partial charge in [0.25, 0.3) is 5.91 Å². The van der Waals surface area contributed by atoms with Crippen molar-refractivity contribution in [3.05, 3.63) is 47.7 Å². The molecule has 196 valence electrons. The summed E-state index contributed by atoms with van der Waals surface area (Å²) < 4.78 is 25.0. The van der Waals surface area contributed by atoms with Gasteiger partial charge in [0.2, 0.25) is 11.8 Å². The minimum absolute atomic E-state index is 0.0677. The van der Waals surface area contributed by atoms with E-state index in [0.717, 1.165) is 12.8 Å². The maximum absolute atomic E-state index is 15.2. The van der Waals surface area contributed by atoms with E-state index in [9.17, 15) is 9.59 Å². The van der Waals surface area contributed by atoms with Gasteiger partial charge in [0.15, 0.2) is 5.17 Å². The van der Waals surface area contributed by atoms with E-state index >= 15 is 4.39 Å². The largest absolute Gasteiger partial charge is 0.471 e. The second-order valence-electron chi connectivity index (χ2n) is 9.87. The number of nitrogens with zero attached hydrogens (tertiary/aromatic N) is 3. The Balaban J connectivity index is 1.33. The lowest BCUT2D eigenvalue weighted by atomic mass is 9.85. The summed E-state index contributed by atoms with van der Waals surface area (Å²) in [6, 6.07) is 4.49. The summed E-state index contributed by atoms with van der Waals surface area (Å²) in [6.45, 7) is 4.00. The molecule has 12 heteroatoms. The van der Waals surface area contributed by atoms with Crippen LogP contribution in [0.1, 0.15) is 49.2 Å². The first-order valence-electron chi connectivity index (χ1n) is 12.1. The number of rotatable bonds is 9. The number of amides is 2. The van der Waals surface area contributed by atoms with Crippen LogP contribution in [0, 0.1) is 11.7 Å². The van der Waals surface area contributed by atoms with E-state index in [1.165, 1.54) is 36.3 Å². The molecule has 4 N–H and O–H groups in total. The van der Waals surface area contributed by atoms with Crippen molar-refractivity contribution in [3.63, 3.8) is 0 Å². The highest BCUT2D eigenvalue weighted by molar-refractivity contribution is 8.15. The minimum atomic E-state index is -1.06. The van der Waals surface area contributed by atoms with E-state index in [1.54, 1.807) is 20.1 Å². The first-order valence-corrected chi connectivity index (χ1v) is 12.9. The number of nitrogens with two attached hydrogens (primary N) is 1. The Kier molecular flexibility index (Phi) is 6.57. The molecule has 2 amide bonds. The highest BCUT2D eigenvalue weighted by Crippen LogP contribution is 2.66. The zero-order valence-electron chi connectivity index (χ0n) is 20.8. The van der Waals surface area contributed by atoms with Gasteiger partial charge in [0.1, 0.15) is 22.4 Å². The van der Waals surface area contributed by atoms with E-state index in [-0.39, 0.29) is 46.3 Å². The second-order valence-corrected chi connectivity index (χ2v) is 11.2. The summed E-state index contributed by atoms with van der Waals surface area (Å²) >= 11 is 1.25. The fourth-order valence-corrected chi connectivity index (χ4v) is 6.14. The van der Waals surface area contributed by atoms with Crippen LogP contribution < -0.4 is 21.1 Å². The number of amidine groups is 1. The van der Waals surface area contributed by atoms with Gasteiger partial charge in [-0.2, -0.15) is 0 Å². The summed E-state index contributed by atoms with van der Waals surface area (Å²) in [5, 5.41) is 6.04. The SMILES string of the molecule is COC[C@H](C)Oc1cnc(C(=O)Nc2ccc(F)c([C@@]3(C)N=C(N)S[C@@]4(C(=O)NC5CC5)CC43)c2)cn1. The molecular weight excluding hydrogens is 499 g/mol. The standard InChI is InChI=1S/C25H29FN6O4S/c1-13(12-35-3)36-20-11-28-18(10-29-20)21(33)30-15-6-7-17(26)16(8-15)24(2)19-9-25(19,37-23(27)32-24)22(34)31-14-4-5-14/h6-8,10-11,13-14,19H,4-5,9,12H2,1-3H3,(H2,27,32)(H,30,33)(H,31,34)/t13-,19?,24+,25-/m0/s1. The van der Waals surface area contributed by atoms with Gasteiger partial charge in [0.05, 0.1) is 24.5 Å². The van der Waals surface area contributed by atoms with Crippen LogP contribution in [-0.2, 0) is 15.1 Å². The van der Waals surface area contributed by atoms with Gasteiger partial charge < -0.3 is 25.8 Å². The molecule has 3 aliphatic rings. The third-order valence-electron chi connectivity index (χ3n) is 6.87. The van der Waals surface area contributed by atoms with E-state index in [4.69, 9.17) is 15.2 Å². The lowest BCUT2D eigenvalue weighted by Crippen LogP contribution is -2.44. The van der Waals surface area contributed by atoms with Crippen LogP contribution in [0.2, 0.25) is 0 Å². The normalized spacial score (nSPS) is 26.9. The quantitative estimate of drug-likeness (QED) is 0.451. The highest BCUT2D eigenvalue weighted by Gasteiger charge is 2.70. The molecule has 37 heavy (non-hydrogen) atoms. The van der Waals surface area contributed by atoms with Crippen molar-refractivity contribution in [1.29, 1.82) is 0 Å². The van der Waals surface area contributed by atoms with E-state index in [2.05, 4.69) is 25.6 Å². The molecule has 0 radical (unpaired) electrons. The van der Waals surface area contributed by atoms with Crippen molar-refractivity contribution in [3.8, 4) is 5.88 Å². The number of nitrogens with one attached hydrogen (secondary N) is 2. The van der Waals surface area contributed by atoms with E-state index in [1.807, 2.05) is 6.92 Å². The van der Waals surface area contributed by atoms with Crippen LogP contribution in [0.25, 0.3) is 0 Å². The zero-order chi connectivity index (χ0) is 26.4. The van der Waals surface area contributed by atoms with Gasteiger partial charge in [0, 0.05) is 30.3 Å². The van der Waals surface area contributed by atoms with Gasteiger partial charge in [-0.15, -0.1) is 0 Å². The van der Waals surface area contributed by atoms with Gasteiger partial charge in [-0.1, -0.05) is 11.8 Å². The van der Waals surface area contributed by atoms with E-state index in [0.29, 0.717) is 18.7 Å². The number of halogens is 1. The number of thioether (sulfide) groups is 1. The molecule has 2 aliphatic carbocycles. The number of carbonyl (C=O) groups is 2. The maximum atomic E-state index is 15.2. The van der Waals surface area contributed by atoms with Crippen molar-refractivity contribution in [2.45, 2.75) is 55.5 Å². The number of benzene rings is 1. The number of ether oxygens (including phenoxy) is 2. The summed E-state index contributed by atoms with van der Waals surface area (Å²) in [4.78, 5) is 38.7. The van der Waals surface area contributed by atoms with Gasteiger partial charge in [-0.25, -0.2) is 14.4 Å². The molecule has 2 aromatic rings. The number of methoxy groups -OCH3 is 1. The monoisotopic (exact) mass is 528 g/mol. The van der Waals surface area contributed by atoms with Crippen molar-refractivity contribution in [2.24, 2.45) is 16.6 Å². The molecule has 0 bridgehead atoms. The molecular formula is C25H29FN6O4S. The average Bonchev–Trinajstić information content (AvgIpc) is 3.77. The Morgan fingerprint density at radius 3 is 2.76 bits per heavy atom. The maximum Gasteiger partial charge on any atom is 0.275 e. The summed E-state index contributed by atoms with van der Waals surface area (Å²) in [5.74, 6) is -1.03. The van der Waals surface area contributed by atoms with Crippen LogP contribution in [-0.4, -0.2) is 57.6 Å². The predicted molar refractivity (Wildman–Crippen MR) is 137 cm³/mol. The summed E-state index contributed by atoms with van der Waals surface area (Å²) in [6.07, 6.45) is 4.92. The molecule has 4 atom stereocenters. The Labute approximate surface area is 218 Å². The van der Waals surface area contributed by atoms with Gasteiger partial charge in [-0.05, 0) is 51.3 Å². The van der Waals surface area contributed by atoms with Crippen molar-refractivity contribution < 1.29 is 23.5 Å². The predicted octanol–water partition coefficient (Wildman–Crippen LogP) is 2.60. The number of aromatic nitrogens is 2. The minimum Gasteiger partial charge on any atom is -0.471 e. The van der Waals surface area contributed by atoms with Crippen LogP contribution in [0.3, 0.4) is 0 Å². The summed E-state index contributed by atoms with van der Waals surface area (Å²) in [5.41, 5.74) is 5.78. The first-order chi connectivity index (χ1) is 17.6. The average molecular weight is 529 g/mol. The number of anilines is 1. The van der Waals surface area contributed by atoms with Crippen LogP contribution in [0.15, 0.2) is 35.6 Å². The zero-order valence-corrected chi connectivity index (χ0v) is 21.6. The van der Waals surface area contributed by atoms with Crippen molar-refractivity contribution in [1.82, 2.24) is 15.3 Å². The molecule has 2 fully saturated rings. The fraction of sp³-hybridized carbons (Fsp3) is 0.480. The molecule has 0 spiro atoms. The first kappa shape index (κ1) is 25.4. The van der Waals surface area contributed by atoms with E-state index < -0.39 is 22.0 Å². The Bertz CT molecular complexity index is 1260. The third-order valence-corrected chi connectivity index (χ3v) is 8.17. The van der Waals surface area contributed by atoms with Gasteiger partial charge in [-0.3, -0.25) is 14.6 Å². The smallest absolute Gasteiger partial charge is 0.275 e. The van der Waals surface area contributed by atoms with Crippen LogP contribution in [0.4, 0.5) is 10.1 Å². The van der Waals surface area contributed by atoms with Gasteiger partial charge >= 0.3 is 0 Å². The number of carbonyl (C=O) groups excluding carboxylic acids is 2. The topological polar surface area (TPSA) is 141 Å².